The third-order valence-corrected chi connectivity index (χ3v) is 4.51. The largest absolute Gasteiger partial charge is 0.384 e. The Hall–Kier alpha value is -2.00. The van der Waals surface area contributed by atoms with Crippen LogP contribution >= 0.6 is 0 Å². The van der Waals surface area contributed by atoms with Gasteiger partial charge in [-0.3, -0.25) is 10.1 Å². The highest BCUT2D eigenvalue weighted by atomic mass is 32.2. The maximum Gasteiger partial charge on any atom is 0.246 e. The monoisotopic (exact) mass is 296 g/mol. The van der Waals surface area contributed by atoms with Crippen molar-refractivity contribution in [1.29, 1.82) is 0 Å². The number of aromatic amines is 1. The van der Waals surface area contributed by atoms with Crippen LogP contribution in [0.4, 0.5) is 5.69 Å². The molecule has 0 aliphatic carbocycles. The summed E-state index contributed by atoms with van der Waals surface area (Å²) in [4.78, 5) is 7.95. The molecule has 9 heteroatoms. The lowest BCUT2D eigenvalue weighted by Crippen LogP contribution is -2.28. The predicted octanol–water partition coefficient (Wildman–Crippen LogP) is 0.452. The summed E-state index contributed by atoms with van der Waals surface area (Å²) in [7, 11) is -2.16. The Morgan fingerprint density at radius 1 is 1.45 bits per heavy atom. The zero-order valence-electron chi connectivity index (χ0n) is 11.2. The molecule has 20 heavy (non-hydrogen) atoms. The number of sulfonamides is 1. The minimum Gasteiger partial charge on any atom is -0.384 e. The SMILES string of the molecule is CCNc1ccncc1S(=O)(=O)N(C)Cc1ncn[nH]1. The second kappa shape index (κ2) is 5.97. The van der Waals surface area contributed by atoms with Crippen LogP contribution in [-0.2, 0) is 16.6 Å². The quantitative estimate of drug-likeness (QED) is 0.802. The summed E-state index contributed by atoms with van der Waals surface area (Å²) in [6, 6.07) is 1.64. The first-order chi connectivity index (χ1) is 9.55. The number of nitrogens with one attached hydrogen (secondary N) is 2. The number of aromatic nitrogens is 4. The topological polar surface area (TPSA) is 104 Å². The second-order valence-electron chi connectivity index (χ2n) is 4.10. The molecule has 2 aromatic heterocycles. The molecule has 0 fully saturated rings. The predicted molar refractivity (Wildman–Crippen MR) is 73.4 cm³/mol. The lowest BCUT2D eigenvalue weighted by atomic mass is 10.4. The average Bonchev–Trinajstić information content (AvgIpc) is 2.92. The van der Waals surface area contributed by atoms with E-state index in [4.69, 9.17) is 0 Å². The van der Waals surface area contributed by atoms with Crippen molar-refractivity contribution in [3.8, 4) is 0 Å². The van der Waals surface area contributed by atoms with Crippen LogP contribution in [0.25, 0.3) is 0 Å². The van der Waals surface area contributed by atoms with Gasteiger partial charge in [0.25, 0.3) is 0 Å². The van der Waals surface area contributed by atoms with Gasteiger partial charge in [0.05, 0.1) is 12.2 Å². The average molecular weight is 296 g/mol. The molecule has 0 aliphatic rings. The van der Waals surface area contributed by atoms with Crippen LogP contribution in [0.15, 0.2) is 29.7 Å². The Morgan fingerprint density at radius 2 is 2.25 bits per heavy atom. The Labute approximate surface area is 117 Å². The molecule has 0 atom stereocenters. The van der Waals surface area contributed by atoms with Gasteiger partial charge < -0.3 is 5.32 Å². The summed E-state index contributed by atoms with van der Waals surface area (Å²) in [5, 5.41) is 9.34. The zero-order valence-corrected chi connectivity index (χ0v) is 12.1. The fraction of sp³-hybridized carbons (Fsp3) is 0.364. The number of anilines is 1. The molecule has 108 valence electrons. The van der Waals surface area contributed by atoms with Gasteiger partial charge in [-0.1, -0.05) is 0 Å². The van der Waals surface area contributed by atoms with E-state index in [9.17, 15) is 8.42 Å². The van der Waals surface area contributed by atoms with Gasteiger partial charge in [-0.05, 0) is 13.0 Å². The minimum absolute atomic E-state index is 0.114. The molecule has 0 saturated heterocycles. The number of hydrogen-bond acceptors (Lipinski definition) is 6. The Balaban J connectivity index is 2.30. The van der Waals surface area contributed by atoms with Crippen molar-refractivity contribution in [3.05, 3.63) is 30.6 Å². The molecular weight excluding hydrogens is 280 g/mol. The van der Waals surface area contributed by atoms with Crippen molar-refractivity contribution in [2.75, 3.05) is 18.9 Å². The molecule has 0 aromatic carbocycles. The van der Waals surface area contributed by atoms with Crippen molar-refractivity contribution in [1.82, 2.24) is 24.5 Å². The van der Waals surface area contributed by atoms with Gasteiger partial charge in [0, 0.05) is 26.0 Å². The summed E-state index contributed by atoms with van der Waals surface area (Å²) < 4.78 is 26.3. The van der Waals surface area contributed by atoms with Crippen LogP contribution in [0.3, 0.4) is 0 Å². The molecule has 2 heterocycles. The molecule has 0 bridgehead atoms. The van der Waals surface area contributed by atoms with Gasteiger partial charge in [-0.2, -0.15) is 9.40 Å². The van der Waals surface area contributed by atoms with Crippen LogP contribution in [0, 0.1) is 0 Å². The van der Waals surface area contributed by atoms with E-state index in [2.05, 4.69) is 25.5 Å². The molecule has 0 saturated carbocycles. The van der Waals surface area contributed by atoms with E-state index in [0.29, 0.717) is 18.1 Å². The van der Waals surface area contributed by atoms with Crippen molar-refractivity contribution in [3.63, 3.8) is 0 Å². The van der Waals surface area contributed by atoms with Gasteiger partial charge >= 0.3 is 0 Å². The van der Waals surface area contributed by atoms with E-state index in [1.54, 1.807) is 12.3 Å². The molecule has 8 nitrogen and oxygen atoms in total. The number of H-pyrrole nitrogens is 1. The van der Waals surface area contributed by atoms with E-state index in [0.717, 1.165) is 0 Å². The summed E-state index contributed by atoms with van der Waals surface area (Å²) in [6.07, 6.45) is 4.22. The van der Waals surface area contributed by atoms with E-state index in [1.165, 1.54) is 23.9 Å². The van der Waals surface area contributed by atoms with E-state index < -0.39 is 10.0 Å². The van der Waals surface area contributed by atoms with Crippen molar-refractivity contribution >= 4 is 15.7 Å². The number of pyridine rings is 1. The number of nitrogens with zero attached hydrogens (tertiary/aromatic N) is 4. The van der Waals surface area contributed by atoms with Crippen LogP contribution < -0.4 is 5.32 Å². The van der Waals surface area contributed by atoms with Gasteiger partial charge in [0.2, 0.25) is 10.0 Å². The highest BCUT2D eigenvalue weighted by molar-refractivity contribution is 7.89. The highest BCUT2D eigenvalue weighted by Gasteiger charge is 2.25. The maximum atomic E-state index is 12.5. The molecule has 2 aromatic rings. The number of hydrogen-bond donors (Lipinski definition) is 2. The summed E-state index contributed by atoms with van der Waals surface area (Å²) in [6.45, 7) is 2.64. The van der Waals surface area contributed by atoms with Crippen molar-refractivity contribution in [2.24, 2.45) is 0 Å². The highest BCUT2D eigenvalue weighted by Crippen LogP contribution is 2.23. The van der Waals surface area contributed by atoms with Crippen LogP contribution in [0.2, 0.25) is 0 Å². The summed E-state index contributed by atoms with van der Waals surface area (Å²) in [5.74, 6) is 0.477. The smallest absolute Gasteiger partial charge is 0.246 e. The number of rotatable bonds is 6. The summed E-state index contributed by atoms with van der Waals surface area (Å²) in [5.41, 5.74) is 0.534. The van der Waals surface area contributed by atoms with Crippen LogP contribution in [0.1, 0.15) is 12.7 Å². The fourth-order valence-electron chi connectivity index (χ4n) is 1.69. The first kappa shape index (κ1) is 14.4. The molecule has 2 rings (SSSR count). The normalized spacial score (nSPS) is 11.8. The van der Waals surface area contributed by atoms with Gasteiger partial charge in [-0.15, -0.1) is 0 Å². The zero-order chi connectivity index (χ0) is 14.6. The van der Waals surface area contributed by atoms with Crippen molar-refractivity contribution in [2.45, 2.75) is 18.4 Å². The molecule has 0 radical (unpaired) electrons. The minimum atomic E-state index is -3.65. The maximum absolute atomic E-state index is 12.5. The molecule has 0 amide bonds. The van der Waals surface area contributed by atoms with Gasteiger partial charge in [0.15, 0.2) is 0 Å². The van der Waals surface area contributed by atoms with Crippen LogP contribution in [-0.4, -0.2) is 46.5 Å². The third kappa shape index (κ3) is 2.94. The van der Waals surface area contributed by atoms with Gasteiger partial charge in [-0.25, -0.2) is 13.4 Å². The lowest BCUT2D eigenvalue weighted by molar-refractivity contribution is 0.457. The van der Waals surface area contributed by atoms with Crippen molar-refractivity contribution < 1.29 is 8.42 Å². The van der Waals surface area contributed by atoms with E-state index in [-0.39, 0.29) is 11.4 Å². The molecule has 0 unspecified atom stereocenters. The first-order valence-electron chi connectivity index (χ1n) is 6.04. The molecule has 2 N–H and O–H groups in total. The molecule has 0 aliphatic heterocycles. The lowest BCUT2D eigenvalue weighted by Gasteiger charge is -2.18. The third-order valence-electron chi connectivity index (χ3n) is 2.68. The molecule has 0 spiro atoms. The first-order valence-corrected chi connectivity index (χ1v) is 7.48. The fourth-order valence-corrected chi connectivity index (χ4v) is 2.93. The van der Waals surface area contributed by atoms with Gasteiger partial charge in [0.1, 0.15) is 17.0 Å². The Bertz CT molecular complexity index is 655. The summed E-state index contributed by atoms with van der Waals surface area (Å²) >= 11 is 0. The standard InChI is InChI=1S/C11H16N6O2S/c1-3-13-9-4-5-12-6-10(9)20(18,19)17(2)7-11-14-8-15-16-11/h4-6,8H,3,7H2,1-2H3,(H,12,13)(H,14,15,16). The van der Waals surface area contributed by atoms with Crippen LogP contribution in [0.5, 0.6) is 0 Å². The second-order valence-corrected chi connectivity index (χ2v) is 6.11. The molecular formula is C11H16N6O2S. The van der Waals surface area contributed by atoms with E-state index in [1.807, 2.05) is 6.92 Å². The van der Waals surface area contributed by atoms with E-state index >= 15 is 0 Å². The Kier molecular flexibility index (Phi) is 4.30. The Morgan fingerprint density at radius 3 is 2.90 bits per heavy atom.